The first kappa shape index (κ1) is 20.2. The Morgan fingerprint density at radius 1 is 0.897 bits per heavy atom. The van der Waals surface area contributed by atoms with E-state index >= 15 is 0 Å². The van der Waals surface area contributed by atoms with Gasteiger partial charge in [-0.3, -0.25) is 19.7 Å². The molecule has 150 valence electrons. The number of benzene rings is 2. The third-order valence-electron chi connectivity index (χ3n) is 4.62. The fourth-order valence-corrected chi connectivity index (χ4v) is 2.88. The van der Waals surface area contributed by atoms with Gasteiger partial charge in [0.15, 0.2) is 6.61 Å². The van der Waals surface area contributed by atoms with Crippen LogP contribution in [0, 0.1) is 13.8 Å². The van der Waals surface area contributed by atoms with E-state index in [9.17, 15) is 9.59 Å². The van der Waals surface area contributed by atoms with Crippen LogP contribution in [0.15, 0.2) is 60.7 Å². The first-order chi connectivity index (χ1) is 14.0. The van der Waals surface area contributed by atoms with Gasteiger partial charge in [0.1, 0.15) is 5.75 Å². The number of hydrogen-bond donors (Lipinski definition) is 2. The molecule has 29 heavy (non-hydrogen) atoms. The molecule has 0 aliphatic rings. The summed E-state index contributed by atoms with van der Waals surface area (Å²) < 4.78 is 7.25. The number of nitrogens with zero attached hydrogens (tertiary/aromatic N) is 1. The lowest BCUT2D eigenvalue weighted by Gasteiger charge is -2.12. The van der Waals surface area contributed by atoms with Gasteiger partial charge in [-0.1, -0.05) is 19.1 Å². The van der Waals surface area contributed by atoms with Crippen LogP contribution in [-0.2, 0) is 11.2 Å². The molecule has 0 saturated heterocycles. The largest absolute Gasteiger partial charge is 0.484 e. The van der Waals surface area contributed by atoms with E-state index in [0.29, 0.717) is 11.3 Å². The van der Waals surface area contributed by atoms with Gasteiger partial charge in [0.2, 0.25) is 0 Å². The molecule has 1 heterocycles. The maximum Gasteiger partial charge on any atom is 0.270 e. The second-order valence-electron chi connectivity index (χ2n) is 6.80. The zero-order valence-electron chi connectivity index (χ0n) is 16.9. The minimum Gasteiger partial charge on any atom is -0.484 e. The summed E-state index contributed by atoms with van der Waals surface area (Å²) in [6, 6.07) is 18.3. The van der Waals surface area contributed by atoms with E-state index in [0.717, 1.165) is 23.5 Å². The lowest BCUT2D eigenvalue weighted by molar-refractivity contribution is -0.118. The molecule has 0 saturated carbocycles. The van der Waals surface area contributed by atoms with E-state index in [1.165, 1.54) is 5.56 Å². The van der Waals surface area contributed by atoms with Crippen LogP contribution in [0.3, 0.4) is 0 Å². The van der Waals surface area contributed by atoms with Gasteiger partial charge in [-0.15, -0.1) is 0 Å². The highest BCUT2D eigenvalue weighted by Gasteiger charge is 2.10. The van der Waals surface area contributed by atoms with Crippen LogP contribution in [0.1, 0.15) is 34.2 Å². The molecule has 0 radical (unpaired) electrons. The molecule has 0 atom stereocenters. The number of aromatic nitrogens is 1. The van der Waals surface area contributed by atoms with Gasteiger partial charge in [0.25, 0.3) is 11.8 Å². The van der Waals surface area contributed by atoms with E-state index in [2.05, 4.69) is 17.7 Å². The Morgan fingerprint density at radius 3 is 2.10 bits per heavy atom. The molecule has 0 fully saturated rings. The summed E-state index contributed by atoms with van der Waals surface area (Å²) in [5.74, 6) is 0.0631. The predicted octanol–water partition coefficient (Wildman–Crippen LogP) is 4.07. The molecule has 0 aliphatic heterocycles. The molecule has 0 bridgehead atoms. The lowest BCUT2D eigenvalue weighted by Crippen LogP contribution is -2.24. The highest BCUT2D eigenvalue weighted by Crippen LogP contribution is 2.14. The minimum atomic E-state index is -0.241. The second kappa shape index (κ2) is 9.10. The molecule has 0 unspecified atom stereocenters. The van der Waals surface area contributed by atoms with E-state index in [4.69, 9.17) is 4.74 Å². The smallest absolute Gasteiger partial charge is 0.270 e. The van der Waals surface area contributed by atoms with Crippen LogP contribution in [0.5, 0.6) is 5.75 Å². The topological polar surface area (TPSA) is 72.4 Å². The van der Waals surface area contributed by atoms with Crippen LogP contribution in [0.2, 0.25) is 0 Å². The Balaban J connectivity index is 1.52. The Bertz CT molecular complexity index is 970. The van der Waals surface area contributed by atoms with E-state index in [-0.39, 0.29) is 18.4 Å². The molecule has 6 heteroatoms. The number of anilines is 1. The van der Waals surface area contributed by atoms with Crippen molar-refractivity contribution in [3.8, 4) is 5.75 Å². The van der Waals surface area contributed by atoms with Crippen molar-refractivity contribution in [2.45, 2.75) is 27.2 Å². The Labute approximate surface area is 170 Å². The lowest BCUT2D eigenvalue weighted by atomic mass is 10.1. The summed E-state index contributed by atoms with van der Waals surface area (Å²) in [5.41, 5.74) is 7.21. The van der Waals surface area contributed by atoms with Crippen molar-refractivity contribution in [3.63, 3.8) is 0 Å². The number of aryl methyl sites for hydroxylation is 3. The SMILES string of the molecule is CCc1ccc(NC(=O)COc2ccc(C(=O)Nn3c(C)ccc3C)cc2)cc1. The number of amides is 2. The number of ether oxygens (including phenoxy) is 1. The third-order valence-corrected chi connectivity index (χ3v) is 4.62. The Hall–Kier alpha value is -3.54. The average Bonchev–Trinajstić information content (AvgIpc) is 3.05. The number of carbonyl (C=O) groups excluding carboxylic acids is 2. The zero-order valence-corrected chi connectivity index (χ0v) is 16.9. The molecular formula is C23H25N3O3. The molecule has 3 aromatic rings. The van der Waals surface area contributed by atoms with Crippen LogP contribution >= 0.6 is 0 Å². The van der Waals surface area contributed by atoms with Gasteiger partial charge in [-0.25, -0.2) is 0 Å². The number of hydrogen-bond acceptors (Lipinski definition) is 3. The highest BCUT2D eigenvalue weighted by molar-refractivity contribution is 6.00. The summed E-state index contributed by atoms with van der Waals surface area (Å²) in [7, 11) is 0. The molecule has 6 nitrogen and oxygen atoms in total. The molecule has 2 aromatic carbocycles. The monoisotopic (exact) mass is 391 g/mol. The number of nitrogens with one attached hydrogen (secondary N) is 2. The van der Waals surface area contributed by atoms with Gasteiger partial charge in [0.05, 0.1) is 0 Å². The van der Waals surface area contributed by atoms with Crippen LogP contribution in [0.25, 0.3) is 0 Å². The summed E-state index contributed by atoms with van der Waals surface area (Å²) in [6.07, 6.45) is 0.954. The first-order valence-corrected chi connectivity index (χ1v) is 9.54. The number of carbonyl (C=O) groups is 2. The molecule has 0 spiro atoms. The normalized spacial score (nSPS) is 10.4. The molecule has 2 N–H and O–H groups in total. The fourth-order valence-electron chi connectivity index (χ4n) is 2.88. The van der Waals surface area contributed by atoms with Gasteiger partial charge < -0.3 is 10.1 Å². The maximum atomic E-state index is 12.4. The van der Waals surface area contributed by atoms with Gasteiger partial charge in [-0.2, -0.15) is 0 Å². The molecule has 3 rings (SSSR count). The van der Waals surface area contributed by atoms with E-state index in [1.807, 2.05) is 50.2 Å². The standard InChI is InChI=1S/C23H25N3O3/c1-4-18-7-11-20(12-8-18)24-22(27)15-29-21-13-9-19(10-14-21)23(28)25-26-16(2)5-6-17(26)3/h5-14H,4,15H2,1-3H3,(H,24,27)(H,25,28). The minimum absolute atomic E-state index is 0.108. The summed E-state index contributed by atoms with van der Waals surface area (Å²) in [5, 5.41) is 2.80. The van der Waals surface area contributed by atoms with Crippen molar-refractivity contribution < 1.29 is 14.3 Å². The second-order valence-corrected chi connectivity index (χ2v) is 6.80. The summed E-state index contributed by atoms with van der Waals surface area (Å²) >= 11 is 0. The van der Waals surface area contributed by atoms with E-state index in [1.54, 1.807) is 28.9 Å². The van der Waals surface area contributed by atoms with Crippen LogP contribution < -0.4 is 15.5 Å². The molecular weight excluding hydrogens is 366 g/mol. The Morgan fingerprint density at radius 2 is 1.52 bits per heavy atom. The zero-order chi connectivity index (χ0) is 20.8. The van der Waals surface area contributed by atoms with Crippen molar-refractivity contribution in [1.29, 1.82) is 0 Å². The first-order valence-electron chi connectivity index (χ1n) is 9.54. The van der Waals surface area contributed by atoms with Crippen molar-refractivity contribution in [2.24, 2.45) is 0 Å². The van der Waals surface area contributed by atoms with Crippen molar-refractivity contribution in [3.05, 3.63) is 83.2 Å². The van der Waals surface area contributed by atoms with Gasteiger partial charge >= 0.3 is 0 Å². The molecule has 0 aliphatic carbocycles. The third kappa shape index (κ3) is 5.25. The summed E-state index contributed by atoms with van der Waals surface area (Å²) in [6.45, 7) is 5.82. The maximum absolute atomic E-state index is 12.4. The highest BCUT2D eigenvalue weighted by atomic mass is 16.5. The summed E-state index contributed by atoms with van der Waals surface area (Å²) in [4.78, 5) is 24.5. The molecule has 2 amide bonds. The van der Waals surface area contributed by atoms with Gasteiger partial charge in [-0.05, 0) is 74.4 Å². The van der Waals surface area contributed by atoms with Gasteiger partial charge in [0, 0.05) is 22.6 Å². The van der Waals surface area contributed by atoms with Crippen LogP contribution in [-0.4, -0.2) is 23.1 Å². The van der Waals surface area contributed by atoms with Crippen molar-refractivity contribution in [2.75, 3.05) is 17.3 Å². The van der Waals surface area contributed by atoms with Crippen LogP contribution in [0.4, 0.5) is 5.69 Å². The quantitative estimate of drug-likeness (QED) is 0.638. The van der Waals surface area contributed by atoms with Crippen molar-refractivity contribution >= 4 is 17.5 Å². The van der Waals surface area contributed by atoms with Crippen molar-refractivity contribution in [1.82, 2.24) is 4.68 Å². The van der Waals surface area contributed by atoms with E-state index < -0.39 is 0 Å². The fraction of sp³-hybridized carbons (Fsp3) is 0.217. The Kier molecular flexibility index (Phi) is 6.34. The molecule has 1 aromatic heterocycles. The predicted molar refractivity (Wildman–Crippen MR) is 114 cm³/mol. The average molecular weight is 391 g/mol. The number of rotatable bonds is 7.